The Morgan fingerprint density at radius 3 is 2.89 bits per heavy atom. The molecule has 0 aliphatic carbocycles. The van der Waals surface area contributed by atoms with Crippen molar-refractivity contribution in [3.63, 3.8) is 0 Å². The minimum Gasteiger partial charge on any atom is -0.314 e. The number of hydrogen-bond acceptors (Lipinski definition) is 5. The fourth-order valence-electron chi connectivity index (χ4n) is 2.76. The second kappa shape index (κ2) is 6.72. The van der Waals surface area contributed by atoms with Crippen LogP contribution in [0.15, 0.2) is 0 Å². The molecule has 1 aromatic rings. The van der Waals surface area contributed by atoms with Gasteiger partial charge in [0.2, 0.25) is 0 Å². The predicted molar refractivity (Wildman–Crippen MR) is 78.4 cm³/mol. The molecule has 0 bridgehead atoms. The lowest BCUT2D eigenvalue weighted by atomic mass is 10.2. The summed E-state index contributed by atoms with van der Waals surface area (Å²) in [6.07, 6.45) is 3.63. The van der Waals surface area contributed by atoms with Crippen LogP contribution < -0.4 is 5.32 Å². The third kappa shape index (κ3) is 3.49. The van der Waals surface area contributed by atoms with E-state index < -0.39 is 0 Å². The Balaban J connectivity index is 1.41. The molecule has 5 nitrogen and oxygen atoms in total. The number of hydrogen-bond donors (Lipinski definition) is 1. The highest BCUT2D eigenvalue weighted by Crippen LogP contribution is 2.14. The van der Waals surface area contributed by atoms with Crippen molar-refractivity contribution in [2.75, 3.05) is 37.7 Å². The molecule has 0 radical (unpaired) electrons. The van der Waals surface area contributed by atoms with Gasteiger partial charge in [0.25, 0.3) is 0 Å². The van der Waals surface area contributed by atoms with E-state index in [0.29, 0.717) is 0 Å². The summed E-state index contributed by atoms with van der Waals surface area (Å²) < 4.78 is 2.30. The summed E-state index contributed by atoms with van der Waals surface area (Å²) in [5, 5.41) is 12.1. The Morgan fingerprint density at radius 2 is 2.00 bits per heavy atom. The van der Waals surface area contributed by atoms with Gasteiger partial charge in [0.15, 0.2) is 0 Å². The molecule has 0 spiro atoms. The van der Waals surface area contributed by atoms with Gasteiger partial charge in [0.1, 0.15) is 11.6 Å². The normalized spacial score (nSPS) is 20.4. The number of rotatable bonds is 5. The molecule has 1 N–H and O–H groups in total. The van der Waals surface area contributed by atoms with Gasteiger partial charge in [-0.2, -0.15) is 11.8 Å². The number of nitrogens with zero attached hydrogens (tertiary/aromatic N) is 4. The van der Waals surface area contributed by atoms with Gasteiger partial charge in [-0.15, -0.1) is 10.2 Å². The van der Waals surface area contributed by atoms with Crippen LogP contribution in [0.4, 0.5) is 0 Å². The van der Waals surface area contributed by atoms with Gasteiger partial charge in [-0.1, -0.05) is 0 Å². The van der Waals surface area contributed by atoms with E-state index in [0.717, 1.165) is 38.4 Å². The van der Waals surface area contributed by atoms with Gasteiger partial charge in [-0.3, -0.25) is 0 Å². The van der Waals surface area contributed by atoms with Crippen LogP contribution >= 0.6 is 11.8 Å². The van der Waals surface area contributed by atoms with Crippen LogP contribution in [0.1, 0.15) is 24.5 Å². The first-order valence-corrected chi connectivity index (χ1v) is 8.51. The van der Waals surface area contributed by atoms with Crippen molar-refractivity contribution in [2.24, 2.45) is 0 Å². The fourth-order valence-corrected chi connectivity index (χ4v) is 3.74. The van der Waals surface area contributed by atoms with Crippen molar-refractivity contribution in [3.8, 4) is 0 Å². The number of aryl methyl sites for hydroxylation is 1. The van der Waals surface area contributed by atoms with Crippen molar-refractivity contribution in [1.82, 2.24) is 25.0 Å². The highest BCUT2D eigenvalue weighted by molar-refractivity contribution is 7.99. The second-order valence-corrected chi connectivity index (χ2v) is 6.50. The Morgan fingerprint density at radius 1 is 1.11 bits per heavy atom. The molecule has 0 unspecified atom stereocenters. The fraction of sp³-hybridized carbons (Fsp3) is 0.846. The average Bonchev–Trinajstić information content (AvgIpc) is 2.88. The summed E-state index contributed by atoms with van der Waals surface area (Å²) in [4.78, 5) is 2.54. The van der Waals surface area contributed by atoms with E-state index in [2.05, 4.69) is 36.7 Å². The van der Waals surface area contributed by atoms with Crippen molar-refractivity contribution in [3.05, 3.63) is 11.6 Å². The quantitative estimate of drug-likeness (QED) is 0.807. The summed E-state index contributed by atoms with van der Waals surface area (Å²) in [5.41, 5.74) is 0. The Bertz CT molecular complexity index is 400. The molecule has 0 amide bonds. The first kappa shape index (κ1) is 13.4. The third-order valence-corrected chi connectivity index (χ3v) is 4.87. The lowest BCUT2D eigenvalue weighted by molar-refractivity contribution is 0.300. The molecule has 1 aromatic heterocycles. The van der Waals surface area contributed by atoms with E-state index in [4.69, 9.17) is 0 Å². The summed E-state index contributed by atoms with van der Waals surface area (Å²) in [5.74, 6) is 4.87. The highest BCUT2D eigenvalue weighted by Gasteiger charge is 2.15. The molecule has 2 aliphatic rings. The smallest absolute Gasteiger partial charge is 0.147 e. The molecule has 3 heterocycles. The number of aromatic nitrogens is 3. The minimum atomic E-state index is 0.857. The maximum atomic E-state index is 4.32. The highest BCUT2D eigenvalue weighted by atomic mass is 32.2. The van der Waals surface area contributed by atoms with Crippen LogP contribution in [0.5, 0.6) is 0 Å². The van der Waals surface area contributed by atoms with Crippen LogP contribution in [-0.4, -0.2) is 57.3 Å². The molecule has 1 saturated heterocycles. The van der Waals surface area contributed by atoms with Crippen molar-refractivity contribution < 1.29 is 0 Å². The van der Waals surface area contributed by atoms with Crippen LogP contribution in [0.25, 0.3) is 0 Å². The van der Waals surface area contributed by atoms with Gasteiger partial charge < -0.3 is 14.8 Å². The van der Waals surface area contributed by atoms with Crippen LogP contribution in [0.3, 0.4) is 0 Å². The Hall–Kier alpha value is -0.590. The lowest BCUT2D eigenvalue weighted by Crippen LogP contribution is -2.37. The molecule has 0 saturated carbocycles. The van der Waals surface area contributed by atoms with Gasteiger partial charge >= 0.3 is 0 Å². The molecule has 19 heavy (non-hydrogen) atoms. The minimum absolute atomic E-state index is 0.857. The Labute approximate surface area is 119 Å². The topological polar surface area (TPSA) is 46.0 Å². The third-order valence-electron chi connectivity index (χ3n) is 3.93. The zero-order valence-electron chi connectivity index (χ0n) is 11.5. The molecule has 106 valence electrons. The van der Waals surface area contributed by atoms with E-state index in [1.54, 1.807) is 0 Å². The zero-order chi connectivity index (χ0) is 12.9. The van der Waals surface area contributed by atoms with E-state index >= 15 is 0 Å². The van der Waals surface area contributed by atoms with E-state index in [9.17, 15) is 0 Å². The summed E-state index contributed by atoms with van der Waals surface area (Å²) >= 11 is 2.07. The van der Waals surface area contributed by atoms with Crippen LogP contribution in [0, 0.1) is 0 Å². The zero-order valence-corrected chi connectivity index (χ0v) is 12.3. The lowest BCUT2D eigenvalue weighted by Gasteiger charge is -2.26. The average molecular weight is 281 g/mol. The molecule has 2 aliphatic heterocycles. The first-order valence-electron chi connectivity index (χ1n) is 7.35. The van der Waals surface area contributed by atoms with Gasteiger partial charge in [0.05, 0.1) is 6.54 Å². The van der Waals surface area contributed by atoms with Crippen molar-refractivity contribution in [1.29, 1.82) is 0 Å². The first-order chi connectivity index (χ1) is 9.43. The standard InChI is InChI=1S/C13H23N5S/c1-2-5-18-12(3-1)15-16-13(18)11-14-4-6-17-7-9-19-10-8-17/h14H,1-11H2. The van der Waals surface area contributed by atoms with E-state index in [1.807, 2.05) is 0 Å². The number of thioether (sulfide) groups is 1. The van der Waals surface area contributed by atoms with E-state index in [-0.39, 0.29) is 0 Å². The number of nitrogens with one attached hydrogen (secondary N) is 1. The number of fused-ring (bicyclic) bond motifs is 1. The molecule has 1 fully saturated rings. The molecule has 0 aromatic carbocycles. The Kier molecular flexibility index (Phi) is 4.74. The van der Waals surface area contributed by atoms with Gasteiger partial charge in [-0.05, 0) is 12.8 Å². The maximum absolute atomic E-state index is 4.32. The molecule has 3 rings (SSSR count). The van der Waals surface area contributed by atoms with Gasteiger partial charge in [0, 0.05) is 50.7 Å². The molecule has 0 atom stereocenters. The summed E-state index contributed by atoms with van der Waals surface area (Å²) in [7, 11) is 0. The summed E-state index contributed by atoms with van der Waals surface area (Å²) in [6, 6.07) is 0. The summed E-state index contributed by atoms with van der Waals surface area (Å²) in [6.45, 7) is 6.64. The van der Waals surface area contributed by atoms with Crippen molar-refractivity contribution >= 4 is 11.8 Å². The van der Waals surface area contributed by atoms with Crippen molar-refractivity contribution in [2.45, 2.75) is 32.4 Å². The second-order valence-electron chi connectivity index (χ2n) is 5.27. The molecular weight excluding hydrogens is 258 g/mol. The van der Waals surface area contributed by atoms with Gasteiger partial charge in [-0.25, -0.2) is 0 Å². The molecular formula is C13H23N5S. The monoisotopic (exact) mass is 281 g/mol. The van der Waals surface area contributed by atoms with Crippen LogP contribution in [0.2, 0.25) is 0 Å². The predicted octanol–water partition coefficient (Wildman–Crippen LogP) is 0.753. The molecule has 6 heteroatoms. The van der Waals surface area contributed by atoms with E-state index in [1.165, 1.54) is 43.3 Å². The maximum Gasteiger partial charge on any atom is 0.147 e. The largest absolute Gasteiger partial charge is 0.314 e. The SMILES string of the molecule is C1CCn2c(nnc2CNCCN2CCSCC2)C1. The van der Waals surface area contributed by atoms with Crippen LogP contribution in [-0.2, 0) is 19.5 Å².